The zero-order valence-electron chi connectivity index (χ0n) is 14.5. The van der Waals surface area contributed by atoms with Crippen LogP contribution in [0.2, 0.25) is 0 Å². The van der Waals surface area contributed by atoms with E-state index in [4.69, 9.17) is 4.52 Å². The van der Waals surface area contributed by atoms with Gasteiger partial charge < -0.3 is 9.84 Å². The molecule has 0 aliphatic rings. The lowest BCUT2D eigenvalue weighted by molar-refractivity contribution is -0.121. The third-order valence-corrected chi connectivity index (χ3v) is 4.11. The van der Waals surface area contributed by atoms with Crippen molar-refractivity contribution in [1.29, 1.82) is 0 Å². The van der Waals surface area contributed by atoms with Gasteiger partial charge in [-0.1, -0.05) is 42.4 Å². The molecule has 26 heavy (non-hydrogen) atoms. The van der Waals surface area contributed by atoms with Crippen LogP contribution in [0.15, 0.2) is 59.1 Å². The Morgan fingerprint density at radius 2 is 1.88 bits per heavy atom. The van der Waals surface area contributed by atoms with Crippen LogP contribution >= 0.6 is 0 Å². The third kappa shape index (κ3) is 4.75. The van der Waals surface area contributed by atoms with E-state index in [0.29, 0.717) is 30.2 Å². The van der Waals surface area contributed by atoms with Crippen LogP contribution < -0.4 is 5.32 Å². The predicted molar refractivity (Wildman–Crippen MR) is 95.9 cm³/mol. The summed E-state index contributed by atoms with van der Waals surface area (Å²) < 4.78 is 18.1. The highest BCUT2D eigenvalue weighted by Gasteiger charge is 2.12. The van der Waals surface area contributed by atoms with E-state index < -0.39 is 0 Å². The molecule has 3 aromatic rings. The van der Waals surface area contributed by atoms with E-state index >= 15 is 0 Å². The maximum absolute atomic E-state index is 12.9. The second-order valence-electron chi connectivity index (χ2n) is 6.13. The summed E-state index contributed by atoms with van der Waals surface area (Å²) in [7, 11) is 0. The summed E-state index contributed by atoms with van der Waals surface area (Å²) in [4.78, 5) is 16.3. The van der Waals surface area contributed by atoms with Gasteiger partial charge in [-0.15, -0.1) is 0 Å². The van der Waals surface area contributed by atoms with Crippen molar-refractivity contribution in [1.82, 2.24) is 15.5 Å². The van der Waals surface area contributed by atoms with E-state index in [0.717, 1.165) is 0 Å². The Morgan fingerprint density at radius 3 is 2.62 bits per heavy atom. The summed E-state index contributed by atoms with van der Waals surface area (Å²) in [5.41, 5.74) is 1.86. The van der Waals surface area contributed by atoms with Gasteiger partial charge in [0.15, 0.2) is 0 Å². The number of carbonyl (C=O) groups is 1. The van der Waals surface area contributed by atoms with Crippen molar-refractivity contribution in [3.63, 3.8) is 0 Å². The van der Waals surface area contributed by atoms with Gasteiger partial charge in [0.25, 0.3) is 0 Å². The second-order valence-corrected chi connectivity index (χ2v) is 6.13. The molecule has 3 rings (SSSR count). The average molecular weight is 353 g/mol. The van der Waals surface area contributed by atoms with Gasteiger partial charge in [0.1, 0.15) is 5.82 Å². The summed E-state index contributed by atoms with van der Waals surface area (Å²) in [5, 5.41) is 6.79. The quantitative estimate of drug-likeness (QED) is 0.703. The zero-order chi connectivity index (χ0) is 18.4. The SMILES string of the molecule is C[C@H](CNC(=O)CCc1nc(-c2ccc(F)cc2)no1)c1ccccc1. The van der Waals surface area contributed by atoms with Gasteiger partial charge in [-0.05, 0) is 35.7 Å². The monoisotopic (exact) mass is 353 g/mol. The molecule has 5 nitrogen and oxygen atoms in total. The number of hydrogen-bond acceptors (Lipinski definition) is 4. The molecule has 1 amide bonds. The van der Waals surface area contributed by atoms with Crippen LogP contribution in [0.4, 0.5) is 4.39 Å². The number of halogens is 1. The van der Waals surface area contributed by atoms with Crippen molar-refractivity contribution in [3.8, 4) is 11.4 Å². The van der Waals surface area contributed by atoms with E-state index in [-0.39, 0.29) is 24.1 Å². The normalized spacial score (nSPS) is 11.9. The lowest BCUT2D eigenvalue weighted by Gasteiger charge is -2.12. The van der Waals surface area contributed by atoms with Crippen molar-refractivity contribution in [2.24, 2.45) is 0 Å². The van der Waals surface area contributed by atoms with Gasteiger partial charge >= 0.3 is 0 Å². The summed E-state index contributed by atoms with van der Waals surface area (Å²) in [6, 6.07) is 15.9. The Bertz CT molecular complexity index is 847. The van der Waals surface area contributed by atoms with E-state index in [9.17, 15) is 9.18 Å². The highest BCUT2D eigenvalue weighted by molar-refractivity contribution is 5.76. The number of nitrogens with zero attached hydrogens (tertiary/aromatic N) is 2. The van der Waals surface area contributed by atoms with Gasteiger partial charge in [0.2, 0.25) is 17.6 Å². The molecule has 0 saturated carbocycles. The van der Waals surface area contributed by atoms with Gasteiger partial charge in [-0.3, -0.25) is 4.79 Å². The molecule has 0 radical (unpaired) electrons. The molecule has 0 unspecified atom stereocenters. The second kappa shape index (κ2) is 8.38. The molecular formula is C20H20FN3O2. The number of amides is 1. The molecular weight excluding hydrogens is 333 g/mol. The first-order valence-corrected chi connectivity index (χ1v) is 8.52. The first-order valence-electron chi connectivity index (χ1n) is 8.52. The summed E-state index contributed by atoms with van der Waals surface area (Å²) in [6.45, 7) is 2.65. The fourth-order valence-corrected chi connectivity index (χ4v) is 2.55. The van der Waals surface area contributed by atoms with Gasteiger partial charge in [-0.25, -0.2) is 4.39 Å². The zero-order valence-corrected chi connectivity index (χ0v) is 14.5. The van der Waals surface area contributed by atoms with Gasteiger partial charge in [0, 0.05) is 24.9 Å². The lowest BCUT2D eigenvalue weighted by Crippen LogP contribution is -2.27. The number of aromatic nitrogens is 2. The molecule has 0 aliphatic carbocycles. The molecule has 1 heterocycles. The van der Waals surface area contributed by atoms with Crippen molar-refractivity contribution in [3.05, 3.63) is 71.9 Å². The Hall–Kier alpha value is -3.02. The van der Waals surface area contributed by atoms with Crippen molar-refractivity contribution >= 4 is 5.91 Å². The Morgan fingerprint density at radius 1 is 1.15 bits per heavy atom. The largest absolute Gasteiger partial charge is 0.355 e. The minimum absolute atomic E-state index is 0.0608. The Balaban J connectivity index is 1.47. The standard InChI is InChI=1S/C20H20FN3O2/c1-14(15-5-3-2-4-6-15)13-22-18(25)11-12-19-23-20(24-26-19)16-7-9-17(21)10-8-16/h2-10,14H,11-13H2,1H3,(H,22,25)/t14-/m1/s1. The molecule has 0 aliphatic heterocycles. The summed E-state index contributed by atoms with van der Waals surface area (Å²) >= 11 is 0. The molecule has 1 atom stereocenters. The first-order chi connectivity index (χ1) is 12.6. The topological polar surface area (TPSA) is 68.0 Å². The van der Waals surface area contributed by atoms with Crippen molar-refractivity contribution in [2.75, 3.05) is 6.54 Å². The van der Waals surface area contributed by atoms with Crippen LogP contribution in [0.3, 0.4) is 0 Å². The fourth-order valence-electron chi connectivity index (χ4n) is 2.55. The highest BCUT2D eigenvalue weighted by atomic mass is 19.1. The number of aryl methyl sites for hydroxylation is 1. The molecule has 1 aromatic heterocycles. The first kappa shape index (κ1) is 17.8. The maximum Gasteiger partial charge on any atom is 0.227 e. The number of nitrogens with one attached hydrogen (secondary N) is 1. The smallest absolute Gasteiger partial charge is 0.227 e. The van der Waals surface area contributed by atoms with Crippen LogP contribution in [-0.4, -0.2) is 22.6 Å². The molecule has 0 spiro atoms. The predicted octanol–water partition coefficient (Wildman–Crippen LogP) is 3.73. The molecule has 134 valence electrons. The minimum atomic E-state index is -0.320. The molecule has 0 fully saturated rings. The third-order valence-electron chi connectivity index (χ3n) is 4.11. The molecule has 0 saturated heterocycles. The van der Waals surface area contributed by atoms with E-state index in [1.807, 2.05) is 30.3 Å². The summed E-state index contributed by atoms with van der Waals surface area (Å²) in [5.74, 6) is 0.635. The highest BCUT2D eigenvalue weighted by Crippen LogP contribution is 2.17. The fraction of sp³-hybridized carbons (Fsp3) is 0.250. The van der Waals surface area contributed by atoms with Crippen molar-refractivity contribution in [2.45, 2.75) is 25.7 Å². The Labute approximate surface area is 151 Å². The molecule has 2 aromatic carbocycles. The van der Waals surface area contributed by atoms with Gasteiger partial charge in [0.05, 0.1) is 0 Å². The number of rotatable bonds is 7. The van der Waals surface area contributed by atoms with Crippen molar-refractivity contribution < 1.29 is 13.7 Å². The van der Waals surface area contributed by atoms with E-state index in [1.54, 1.807) is 12.1 Å². The van der Waals surface area contributed by atoms with Crippen LogP contribution in [0.25, 0.3) is 11.4 Å². The number of carbonyl (C=O) groups excluding carboxylic acids is 1. The van der Waals surface area contributed by atoms with Crippen LogP contribution in [0, 0.1) is 5.82 Å². The average Bonchev–Trinajstić information content (AvgIpc) is 3.14. The maximum atomic E-state index is 12.9. The number of hydrogen-bond donors (Lipinski definition) is 1. The van der Waals surface area contributed by atoms with Crippen LogP contribution in [0.5, 0.6) is 0 Å². The van der Waals surface area contributed by atoms with E-state index in [2.05, 4.69) is 22.4 Å². The van der Waals surface area contributed by atoms with Crippen LogP contribution in [-0.2, 0) is 11.2 Å². The number of benzene rings is 2. The summed E-state index contributed by atoms with van der Waals surface area (Å²) in [6.07, 6.45) is 0.631. The lowest BCUT2D eigenvalue weighted by atomic mass is 10.0. The van der Waals surface area contributed by atoms with Gasteiger partial charge in [-0.2, -0.15) is 4.98 Å². The Kier molecular flexibility index (Phi) is 5.73. The minimum Gasteiger partial charge on any atom is -0.355 e. The molecule has 1 N–H and O–H groups in total. The van der Waals surface area contributed by atoms with Crippen LogP contribution in [0.1, 0.15) is 30.7 Å². The van der Waals surface area contributed by atoms with E-state index in [1.165, 1.54) is 17.7 Å². The molecule has 6 heteroatoms. The molecule has 0 bridgehead atoms.